The van der Waals surface area contributed by atoms with Gasteiger partial charge >= 0.3 is 0 Å². The summed E-state index contributed by atoms with van der Waals surface area (Å²) in [7, 11) is 0. The van der Waals surface area contributed by atoms with Crippen molar-refractivity contribution in [2.75, 3.05) is 0 Å². The zero-order valence-electron chi connectivity index (χ0n) is 36.9. The van der Waals surface area contributed by atoms with E-state index >= 15 is 0 Å². The van der Waals surface area contributed by atoms with Crippen LogP contribution in [0.2, 0.25) is 0 Å². The molecule has 0 fully saturated rings. The molecule has 0 amide bonds. The highest BCUT2D eigenvalue weighted by atomic mass is 15.0. The Kier molecular flexibility index (Phi) is 9.43. The number of benzene rings is 10. The van der Waals surface area contributed by atoms with Crippen LogP contribution in [-0.2, 0) is 0 Å². The van der Waals surface area contributed by atoms with E-state index in [0.29, 0.717) is 17.5 Å². The van der Waals surface area contributed by atoms with E-state index < -0.39 is 0 Å². The molecule has 0 radical (unpaired) electrons. The molecule has 13 rings (SSSR count). The van der Waals surface area contributed by atoms with Crippen molar-refractivity contribution in [3.8, 4) is 78.9 Å². The lowest BCUT2D eigenvalue weighted by molar-refractivity contribution is 1.07. The number of rotatable bonds is 8. The van der Waals surface area contributed by atoms with Gasteiger partial charge in [0.15, 0.2) is 17.5 Å². The molecular weight excluding hydrogens is 827 g/mol. The zero-order valence-corrected chi connectivity index (χ0v) is 36.9. The van der Waals surface area contributed by atoms with Crippen LogP contribution < -0.4 is 0 Å². The summed E-state index contributed by atoms with van der Waals surface area (Å²) in [5, 5.41) is 4.90. The Morgan fingerprint density at radius 3 is 1.28 bits per heavy atom. The molecule has 0 saturated carbocycles. The van der Waals surface area contributed by atoms with E-state index in [1.807, 2.05) is 18.2 Å². The van der Waals surface area contributed by atoms with E-state index in [-0.39, 0.29) is 0 Å². The van der Waals surface area contributed by atoms with Gasteiger partial charge in [-0.05, 0) is 82.4 Å². The van der Waals surface area contributed by atoms with Crippen LogP contribution in [0, 0.1) is 0 Å². The number of para-hydroxylation sites is 3. The average Bonchev–Trinajstić information content (AvgIpc) is 3.94. The molecule has 10 aromatic carbocycles. The second-order valence-electron chi connectivity index (χ2n) is 17.2. The van der Waals surface area contributed by atoms with E-state index in [4.69, 9.17) is 15.0 Å². The van der Waals surface area contributed by atoms with Crippen LogP contribution in [0.15, 0.2) is 249 Å². The van der Waals surface area contributed by atoms with Crippen molar-refractivity contribution in [3.05, 3.63) is 249 Å². The van der Waals surface area contributed by atoms with Crippen LogP contribution >= 0.6 is 0 Å². The van der Waals surface area contributed by atoms with E-state index in [1.54, 1.807) is 0 Å². The highest BCUT2D eigenvalue weighted by Gasteiger charge is 2.19. The molecule has 0 bridgehead atoms. The minimum atomic E-state index is 0.616. The largest absolute Gasteiger partial charge is 0.309 e. The molecule has 0 aliphatic heterocycles. The first-order chi connectivity index (χ1) is 33.7. The average molecular weight is 868 g/mol. The first-order valence-corrected chi connectivity index (χ1v) is 23.0. The van der Waals surface area contributed by atoms with E-state index in [9.17, 15) is 0 Å². The van der Waals surface area contributed by atoms with Gasteiger partial charge in [-0.2, -0.15) is 0 Å². The summed E-state index contributed by atoms with van der Waals surface area (Å²) in [6.07, 6.45) is 0. The standard InChI is InChI=1S/C63H41N5/c1-4-17-42(18-5-1)48-36-38-60-55(41-48)53-27-12-15-30-58(53)68(60)59-37-35-47(40-54(59)44-19-6-2-7-20-44)43-31-33-46(34-32-43)62-64-61(45-21-8-3-9-22-45)65-63(66-62)49-23-16-24-50(39-49)67-56-28-13-10-25-51(56)52-26-11-14-29-57(52)67/h1-41H. The summed E-state index contributed by atoms with van der Waals surface area (Å²) in [6.45, 7) is 0. The maximum atomic E-state index is 5.18. The Hall–Kier alpha value is -9.19. The summed E-state index contributed by atoms with van der Waals surface area (Å²) in [4.78, 5) is 15.4. The predicted octanol–water partition coefficient (Wildman–Crippen LogP) is 16.1. The van der Waals surface area contributed by atoms with Crippen LogP contribution in [0.5, 0.6) is 0 Å². The zero-order chi connectivity index (χ0) is 45.0. The first kappa shape index (κ1) is 39.2. The number of aromatic nitrogens is 5. The molecule has 13 aromatic rings. The molecule has 5 nitrogen and oxygen atoms in total. The second kappa shape index (κ2) is 16.4. The van der Waals surface area contributed by atoms with Gasteiger partial charge < -0.3 is 9.13 Å². The first-order valence-electron chi connectivity index (χ1n) is 23.0. The maximum absolute atomic E-state index is 5.18. The minimum Gasteiger partial charge on any atom is -0.309 e. The van der Waals surface area contributed by atoms with Crippen LogP contribution in [0.1, 0.15) is 0 Å². The molecule has 0 aliphatic rings. The Balaban J connectivity index is 0.904. The smallest absolute Gasteiger partial charge is 0.164 e. The summed E-state index contributed by atoms with van der Waals surface area (Å²) in [6, 6.07) is 88.3. The lowest BCUT2D eigenvalue weighted by atomic mass is 9.96. The molecule has 0 saturated heterocycles. The van der Waals surface area contributed by atoms with Gasteiger partial charge in [0, 0.05) is 49.5 Å². The Morgan fingerprint density at radius 1 is 0.235 bits per heavy atom. The molecule has 3 heterocycles. The van der Waals surface area contributed by atoms with Gasteiger partial charge in [0.25, 0.3) is 0 Å². The minimum absolute atomic E-state index is 0.616. The summed E-state index contributed by atoms with van der Waals surface area (Å²) in [5.41, 5.74) is 16.5. The topological polar surface area (TPSA) is 48.5 Å². The van der Waals surface area contributed by atoms with E-state index in [1.165, 1.54) is 43.7 Å². The molecule has 5 heteroatoms. The van der Waals surface area contributed by atoms with E-state index in [0.717, 1.165) is 61.4 Å². The van der Waals surface area contributed by atoms with Crippen LogP contribution in [0.3, 0.4) is 0 Å². The quantitative estimate of drug-likeness (QED) is 0.153. The highest BCUT2D eigenvalue weighted by molar-refractivity contribution is 6.11. The van der Waals surface area contributed by atoms with Gasteiger partial charge in [-0.25, -0.2) is 15.0 Å². The second-order valence-corrected chi connectivity index (χ2v) is 17.2. The Bertz CT molecular complexity index is 3950. The lowest BCUT2D eigenvalue weighted by Gasteiger charge is -2.16. The number of fused-ring (bicyclic) bond motifs is 6. The molecule has 0 N–H and O–H groups in total. The van der Waals surface area contributed by atoms with Crippen molar-refractivity contribution < 1.29 is 0 Å². The molecular formula is C63H41N5. The predicted molar refractivity (Wildman–Crippen MR) is 281 cm³/mol. The fraction of sp³-hybridized carbons (Fsp3) is 0. The fourth-order valence-corrected chi connectivity index (χ4v) is 9.95. The van der Waals surface area contributed by atoms with E-state index in [2.05, 4.69) is 240 Å². The number of hydrogen-bond donors (Lipinski definition) is 0. The third kappa shape index (κ3) is 6.76. The molecule has 68 heavy (non-hydrogen) atoms. The summed E-state index contributed by atoms with van der Waals surface area (Å²) in [5.74, 6) is 1.86. The monoisotopic (exact) mass is 867 g/mol. The Labute approximate surface area is 393 Å². The molecule has 0 aliphatic carbocycles. The molecule has 0 atom stereocenters. The van der Waals surface area contributed by atoms with Crippen molar-refractivity contribution in [3.63, 3.8) is 0 Å². The third-order valence-electron chi connectivity index (χ3n) is 13.2. The van der Waals surface area contributed by atoms with Crippen LogP contribution in [-0.4, -0.2) is 24.1 Å². The summed E-state index contributed by atoms with van der Waals surface area (Å²) >= 11 is 0. The van der Waals surface area contributed by atoms with Gasteiger partial charge in [0.1, 0.15) is 0 Å². The van der Waals surface area contributed by atoms with Crippen molar-refractivity contribution in [1.29, 1.82) is 0 Å². The van der Waals surface area contributed by atoms with Crippen molar-refractivity contribution in [2.24, 2.45) is 0 Å². The summed E-state index contributed by atoms with van der Waals surface area (Å²) < 4.78 is 4.75. The Morgan fingerprint density at radius 2 is 0.647 bits per heavy atom. The van der Waals surface area contributed by atoms with Gasteiger partial charge in [-0.1, -0.05) is 194 Å². The molecule has 0 unspecified atom stereocenters. The number of nitrogens with zero attached hydrogens (tertiary/aromatic N) is 5. The SMILES string of the molecule is c1ccc(-c2ccc3c(c2)c2ccccc2n3-c2ccc(-c3ccc(-c4nc(-c5ccccc5)nc(-c5cccc(-n6c7ccccc7c7ccccc76)c5)n4)cc3)cc2-c2ccccc2)cc1. The van der Waals surface area contributed by atoms with Gasteiger partial charge in [0.2, 0.25) is 0 Å². The third-order valence-corrected chi connectivity index (χ3v) is 13.2. The lowest BCUT2D eigenvalue weighted by Crippen LogP contribution is -2.01. The fourth-order valence-electron chi connectivity index (χ4n) is 9.95. The normalized spacial score (nSPS) is 11.5. The number of hydrogen-bond acceptors (Lipinski definition) is 3. The molecule has 3 aromatic heterocycles. The van der Waals surface area contributed by atoms with Gasteiger partial charge in [0.05, 0.1) is 27.8 Å². The maximum Gasteiger partial charge on any atom is 0.164 e. The van der Waals surface area contributed by atoms with Gasteiger partial charge in [-0.3, -0.25) is 0 Å². The van der Waals surface area contributed by atoms with Crippen molar-refractivity contribution in [1.82, 2.24) is 24.1 Å². The van der Waals surface area contributed by atoms with Crippen LogP contribution in [0.4, 0.5) is 0 Å². The molecule has 318 valence electrons. The van der Waals surface area contributed by atoms with Crippen molar-refractivity contribution >= 4 is 43.6 Å². The van der Waals surface area contributed by atoms with Crippen molar-refractivity contribution in [2.45, 2.75) is 0 Å². The van der Waals surface area contributed by atoms with Gasteiger partial charge in [-0.15, -0.1) is 0 Å². The highest BCUT2D eigenvalue weighted by Crippen LogP contribution is 2.40. The molecule has 0 spiro atoms. The van der Waals surface area contributed by atoms with Crippen LogP contribution in [0.25, 0.3) is 123 Å².